The van der Waals surface area contributed by atoms with Gasteiger partial charge < -0.3 is 4.74 Å². The van der Waals surface area contributed by atoms with Crippen LogP contribution in [-0.4, -0.2) is 12.0 Å². The minimum Gasteiger partial charge on any atom is -0.497 e. The predicted octanol–water partition coefficient (Wildman–Crippen LogP) is 6.74. The third-order valence-corrected chi connectivity index (χ3v) is 6.34. The van der Waals surface area contributed by atoms with E-state index in [1.54, 1.807) is 25.3 Å². The first-order valence-electron chi connectivity index (χ1n) is 11.2. The largest absolute Gasteiger partial charge is 0.497 e. The zero-order valence-corrected chi connectivity index (χ0v) is 19.2. The van der Waals surface area contributed by atoms with Crippen molar-refractivity contribution in [1.82, 2.24) is 0 Å². The Bertz CT molecular complexity index is 1150. The van der Waals surface area contributed by atoms with Crippen molar-refractivity contribution < 1.29 is 9.66 Å². The molecule has 1 unspecified atom stereocenters. The van der Waals surface area contributed by atoms with Crippen LogP contribution < -0.4 is 4.74 Å². The molecule has 172 valence electrons. The summed E-state index contributed by atoms with van der Waals surface area (Å²) >= 11 is 0. The van der Waals surface area contributed by atoms with E-state index in [2.05, 4.69) is 24.8 Å². The van der Waals surface area contributed by atoms with Crippen LogP contribution in [0.5, 0.6) is 5.75 Å². The van der Waals surface area contributed by atoms with Gasteiger partial charge >= 0.3 is 0 Å². The summed E-state index contributed by atoms with van der Waals surface area (Å²) in [6.45, 7) is 3.76. The highest BCUT2D eigenvalue weighted by atomic mass is 16.6. The fraction of sp³-hybridized carbons (Fsp3) is 0.286. The number of rotatable bonds is 9. The van der Waals surface area contributed by atoms with Gasteiger partial charge in [-0.3, -0.25) is 10.1 Å². The van der Waals surface area contributed by atoms with E-state index in [0.717, 1.165) is 41.7 Å². The monoisotopic (exact) mass is 453 g/mol. The van der Waals surface area contributed by atoms with E-state index in [1.165, 1.54) is 12.1 Å². The summed E-state index contributed by atoms with van der Waals surface area (Å²) in [5.74, 6) is 0.503. The summed E-state index contributed by atoms with van der Waals surface area (Å²) in [7, 11) is 1.62. The van der Waals surface area contributed by atoms with E-state index in [4.69, 9.17) is 4.74 Å². The van der Waals surface area contributed by atoms with Crippen LogP contribution in [0.4, 0.5) is 5.69 Å². The molecule has 2 aromatic rings. The van der Waals surface area contributed by atoms with Gasteiger partial charge in [-0.25, -0.2) is 0 Å². The number of nitro groups is 1. The number of allylic oxidation sites excluding steroid dienone is 4. The predicted molar refractivity (Wildman–Crippen MR) is 132 cm³/mol. The van der Waals surface area contributed by atoms with Crippen molar-refractivity contribution >= 4 is 11.8 Å². The first-order valence-corrected chi connectivity index (χ1v) is 11.2. The molecule has 0 saturated carbocycles. The molecule has 0 fully saturated rings. The molecular formula is C28H27N3O3. The molecule has 0 radical (unpaired) electrons. The van der Waals surface area contributed by atoms with Gasteiger partial charge in [0.25, 0.3) is 5.69 Å². The Balaban J connectivity index is 2.08. The summed E-state index contributed by atoms with van der Waals surface area (Å²) < 4.78 is 5.23. The van der Waals surface area contributed by atoms with E-state index in [9.17, 15) is 20.6 Å². The normalized spacial score (nSPS) is 16.7. The fourth-order valence-corrected chi connectivity index (χ4v) is 4.57. The molecule has 0 heterocycles. The Kier molecular flexibility index (Phi) is 8.01. The first-order chi connectivity index (χ1) is 16.5. The van der Waals surface area contributed by atoms with E-state index in [-0.39, 0.29) is 23.9 Å². The van der Waals surface area contributed by atoms with Crippen LogP contribution in [0, 0.1) is 44.1 Å². The summed E-state index contributed by atoms with van der Waals surface area (Å²) in [5, 5.41) is 31.2. The Labute approximate surface area is 200 Å². The lowest BCUT2D eigenvalue weighted by Crippen LogP contribution is -2.29. The van der Waals surface area contributed by atoms with Crippen LogP contribution in [0.25, 0.3) is 6.08 Å². The standard InChI is InChI=1S/C28H27N3O3/c1-3-18-28(19-29,20-30)27-7-5-4-6-26(27)25(22-11-13-23(14-12-22)31(32)33)17-10-21-8-15-24(34-2)16-9-21/h3,7-17,25-26H,1,4-6,18H2,2H3/b17-10+/t25?,26-/m0/s1. The quantitative estimate of drug-likeness (QED) is 0.238. The number of hydrogen-bond acceptors (Lipinski definition) is 5. The Morgan fingerprint density at radius 2 is 1.88 bits per heavy atom. The van der Waals surface area contributed by atoms with Crippen molar-refractivity contribution in [1.29, 1.82) is 10.5 Å². The van der Waals surface area contributed by atoms with E-state index in [1.807, 2.05) is 36.4 Å². The van der Waals surface area contributed by atoms with Crippen molar-refractivity contribution in [2.45, 2.75) is 31.6 Å². The van der Waals surface area contributed by atoms with Gasteiger partial charge in [0.05, 0.1) is 24.2 Å². The zero-order chi connectivity index (χ0) is 24.6. The maximum absolute atomic E-state index is 11.2. The third kappa shape index (κ3) is 5.24. The minimum absolute atomic E-state index is 0.0242. The SMILES string of the molecule is C=CCC(C#N)(C#N)C1=CCCC[C@H]1C(/C=C/c1ccc(OC)cc1)c1ccc([N+](=O)[O-])cc1. The molecule has 2 atom stereocenters. The fourth-order valence-electron chi connectivity index (χ4n) is 4.57. The molecule has 0 spiro atoms. The second kappa shape index (κ2) is 11.1. The lowest BCUT2D eigenvalue weighted by atomic mass is 9.65. The van der Waals surface area contributed by atoms with Crippen LogP contribution in [0.3, 0.4) is 0 Å². The number of nitrogens with zero attached hydrogens (tertiary/aromatic N) is 3. The highest BCUT2D eigenvalue weighted by molar-refractivity contribution is 5.53. The lowest BCUT2D eigenvalue weighted by molar-refractivity contribution is -0.384. The van der Waals surface area contributed by atoms with Crippen LogP contribution in [0.1, 0.15) is 42.7 Å². The number of benzene rings is 2. The number of methoxy groups -OCH3 is 1. The second-order valence-corrected chi connectivity index (χ2v) is 8.33. The van der Waals surface area contributed by atoms with Crippen LogP contribution in [0.2, 0.25) is 0 Å². The van der Waals surface area contributed by atoms with Crippen LogP contribution in [0.15, 0.2) is 78.9 Å². The lowest BCUT2D eigenvalue weighted by Gasteiger charge is -2.36. The average molecular weight is 454 g/mol. The molecule has 0 amide bonds. The Morgan fingerprint density at radius 3 is 2.44 bits per heavy atom. The van der Waals surface area contributed by atoms with Gasteiger partial charge in [-0.2, -0.15) is 10.5 Å². The summed E-state index contributed by atoms with van der Waals surface area (Å²) in [5.41, 5.74) is 1.44. The Hall–Kier alpha value is -4.16. The van der Waals surface area contributed by atoms with Gasteiger partial charge in [-0.1, -0.05) is 48.6 Å². The topological polar surface area (TPSA) is 100.0 Å². The molecule has 2 aromatic carbocycles. The molecule has 1 aliphatic rings. The number of ether oxygens (including phenoxy) is 1. The van der Waals surface area contributed by atoms with E-state index >= 15 is 0 Å². The van der Waals surface area contributed by atoms with E-state index < -0.39 is 10.3 Å². The molecule has 1 aliphatic carbocycles. The van der Waals surface area contributed by atoms with Crippen molar-refractivity contribution in [2.24, 2.45) is 11.3 Å². The van der Waals surface area contributed by atoms with Crippen LogP contribution in [-0.2, 0) is 0 Å². The maximum atomic E-state index is 11.2. The molecule has 34 heavy (non-hydrogen) atoms. The second-order valence-electron chi connectivity index (χ2n) is 8.33. The molecule has 0 bridgehead atoms. The smallest absolute Gasteiger partial charge is 0.269 e. The average Bonchev–Trinajstić information content (AvgIpc) is 2.88. The molecule has 0 saturated heterocycles. The van der Waals surface area contributed by atoms with Gasteiger partial charge in [-0.05, 0) is 54.0 Å². The van der Waals surface area contributed by atoms with Gasteiger partial charge in [-0.15, -0.1) is 6.58 Å². The highest BCUT2D eigenvalue weighted by Gasteiger charge is 2.41. The third-order valence-electron chi connectivity index (χ3n) is 6.34. The van der Waals surface area contributed by atoms with Crippen molar-refractivity contribution in [2.75, 3.05) is 7.11 Å². The number of non-ortho nitro benzene ring substituents is 1. The Morgan fingerprint density at radius 1 is 1.21 bits per heavy atom. The van der Waals surface area contributed by atoms with Crippen LogP contribution >= 0.6 is 0 Å². The molecule has 0 N–H and O–H groups in total. The minimum atomic E-state index is -1.28. The molecule has 6 nitrogen and oxygen atoms in total. The summed E-state index contributed by atoms with van der Waals surface area (Å²) in [6.07, 6.45) is 10.5. The first kappa shape index (κ1) is 24.5. The van der Waals surface area contributed by atoms with Crippen molar-refractivity contribution in [3.8, 4) is 17.9 Å². The maximum Gasteiger partial charge on any atom is 0.269 e. The van der Waals surface area contributed by atoms with Gasteiger partial charge in [0.2, 0.25) is 0 Å². The van der Waals surface area contributed by atoms with Crippen molar-refractivity contribution in [3.63, 3.8) is 0 Å². The molecule has 0 aromatic heterocycles. The van der Waals surface area contributed by atoms with Gasteiger partial charge in [0, 0.05) is 24.5 Å². The number of nitro benzene ring substituents is 1. The number of nitriles is 2. The molecule has 0 aliphatic heterocycles. The van der Waals surface area contributed by atoms with Crippen molar-refractivity contribution in [3.05, 3.63) is 100 Å². The number of hydrogen-bond donors (Lipinski definition) is 0. The summed E-state index contributed by atoms with van der Waals surface area (Å²) in [6, 6.07) is 18.7. The molecular weight excluding hydrogens is 426 g/mol. The van der Waals surface area contributed by atoms with Gasteiger partial charge in [0.15, 0.2) is 5.41 Å². The van der Waals surface area contributed by atoms with Gasteiger partial charge in [0.1, 0.15) is 5.75 Å². The van der Waals surface area contributed by atoms with E-state index in [0.29, 0.717) is 0 Å². The highest BCUT2D eigenvalue weighted by Crippen LogP contribution is 2.47. The molecule has 6 heteroatoms. The summed E-state index contributed by atoms with van der Waals surface area (Å²) in [4.78, 5) is 10.8. The molecule has 3 rings (SSSR count). The zero-order valence-electron chi connectivity index (χ0n) is 19.2.